The van der Waals surface area contributed by atoms with Crippen molar-refractivity contribution in [3.8, 4) is 12.3 Å². The van der Waals surface area contributed by atoms with Gasteiger partial charge in [0.2, 0.25) is 0 Å². The quantitative estimate of drug-likeness (QED) is 0.477. The molecule has 64 valence electrons. The van der Waals surface area contributed by atoms with Crippen molar-refractivity contribution in [1.82, 2.24) is 0 Å². The number of terminal acetylenes is 1. The van der Waals surface area contributed by atoms with E-state index in [0.29, 0.717) is 0 Å². The molecule has 1 aliphatic rings. The molecule has 0 bridgehead atoms. The summed E-state index contributed by atoms with van der Waals surface area (Å²) in [6.45, 7) is 6.65. The van der Waals surface area contributed by atoms with Crippen LogP contribution in [0.1, 0.15) is 33.6 Å². The van der Waals surface area contributed by atoms with Crippen molar-refractivity contribution >= 4 is 0 Å². The van der Waals surface area contributed by atoms with Gasteiger partial charge >= 0.3 is 0 Å². The molecule has 0 unspecified atom stereocenters. The molecule has 0 saturated carbocycles. The normalized spacial score (nSPS) is 17.8. The van der Waals surface area contributed by atoms with E-state index in [-0.39, 0.29) is 5.41 Å². The molecule has 12 heavy (non-hydrogen) atoms. The summed E-state index contributed by atoms with van der Waals surface area (Å²) in [7, 11) is 0. The third kappa shape index (κ3) is 2.01. The molecule has 0 heteroatoms. The molecule has 0 aromatic carbocycles. The summed E-state index contributed by atoms with van der Waals surface area (Å²) < 4.78 is 0. The van der Waals surface area contributed by atoms with Gasteiger partial charge in [-0.2, -0.15) is 0 Å². The summed E-state index contributed by atoms with van der Waals surface area (Å²) in [6, 6.07) is 0. The maximum Gasteiger partial charge on any atom is 0.00235 e. The highest BCUT2D eigenvalue weighted by atomic mass is 14.2. The van der Waals surface area contributed by atoms with Crippen molar-refractivity contribution in [2.24, 2.45) is 5.41 Å². The Morgan fingerprint density at radius 2 is 2.08 bits per heavy atom. The largest absolute Gasteiger partial charge is 0.115 e. The predicted molar refractivity (Wildman–Crippen MR) is 53.7 cm³/mol. The Balaban J connectivity index is 2.89. The Bertz CT molecular complexity index is 263. The molecule has 1 rings (SSSR count). The first kappa shape index (κ1) is 9.13. The second-order valence-electron chi connectivity index (χ2n) is 4.26. The van der Waals surface area contributed by atoms with Gasteiger partial charge in [-0.1, -0.05) is 32.8 Å². The fraction of sp³-hybridized carbons (Fsp3) is 0.500. The lowest BCUT2D eigenvalue weighted by molar-refractivity contribution is 0.511. The molecule has 0 aromatic heterocycles. The monoisotopic (exact) mass is 160 g/mol. The second-order valence-corrected chi connectivity index (χ2v) is 4.26. The molecule has 0 fully saturated rings. The van der Waals surface area contributed by atoms with E-state index in [4.69, 9.17) is 6.42 Å². The Labute approximate surface area is 75.4 Å². The van der Waals surface area contributed by atoms with Crippen LogP contribution in [0.15, 0.2) is 23.3 Å². The van der Waals surface area contributed by atoms with Gasteiger partial charge in [0, 0.05) is 5.57 Å². The van der Waals surface area contributed by atoms with Gasteiger partial charge in [-0.25, -0.2) is 0 Å². The van der Waals surface area contributed by atoms with Crippen LogP contribution in [0.5, 0.6) is 0 Å². The average molecular weight is 160 g/mol. The van der Waals surface area contributed by atoms with Gasteiger partial charge in [0.1, 0.15) is 0 Å². The first-order valence-corrected chi connectivity index (χ1v) is 4.42. The summed E-state index contributed by atoms with van der Waals surface area (Å²) >= 11 is 0. The van der Waals surface area contributed by atoms with Crippen molar-refractivity contribution in [3.63, 3.8) is 0 Å². The summed E-state index contributed by atoms with van der Waals surface area (Å²) in [5, 5.41) is 0. The number of allylic oxidation sites excluding steroid dienone is 4. The van der Waals surface area contributed by atoms with Crippen LogP contribution in [0.2, 0.25) is 0 Å². The molecule has 0 amide bonds. The zero-order valence-electron chi connectivity index (χ0n) is 8.15. The SMILES string of the molecule is C#CC1=CC(C(C)(C)C)=CCC1. The van der Waals surface area contributed by atoms with E-state index in [0.717, 1.165) is 18.4 Å². The van der Waals surface area contributed by atoms with Gasteiger partial charge in [0.25, 0.3) is 0 Å². The van der Waals surface area contributed by atoms with Crippen molar-refractivity contribution in [2.75, 3.05) is 0 Å². The minimum absolute atomic E-state index is 0.239. The van der Waals surface area contributed by atoms with Gasteiger partial charge in [-0.05, 0) is 29.9 Å². The Kier molecular flexibility index (Phi) is 2.43. The molecule has 1 aliphatic carbocycles. The maximum absolute atomic E-state index is 5.36. The summed E-state index contributed by atoms with van der Waals surface area (Å²) in [6.07, 6.45) is 11.9. The lowest BCUT2D eigenvalue weighted by Crippen LogP contribution is -2.09. The molecule has 0 aliphatic heterocycles. The molecular weight excluding hydrogens is 144 g/mol. The molecule has 0 atom stereocenters. The Hall–Kier alpha value is -0.960. The molecular formula is C12H16. The van der Waals surface area contributed by atoms with Crippen LogP contribution in [-0.2, 0) is 0 Å². The van der Waals surface area contributed by atoms with E-state index >= 15 is 0 Å². The lowest BCUT2D eigenvalue weighted by Gasteiger charge is -2.23. The van der Waals surface area contributed by atoms with Crippen LogP contribution in [0.3, 0.4) is 0 Å². The van der Waals surface area contributed by atoms with Gasteiger partial charge in [-0.3, -0.25) is 0 Å². The van der Waals surface area contributed by atoms with Gasteiger partial charge in [-0.15, -0.1) is 6.42 Å². The van der Waals surface area contributed by atoms with Crippen molar-refractivity contribution in [2.45, 2.75) is 33.6 Å². The Morgan fingerprint density at radius 1 is 1.42 bits per heavy atom. The fourth-order valence-electron chi connectivity index (χ4n) is 1.34. The predicted octanol–water partition coefficient (Wildman–Crippen LogP) is 3.31. The van der Waals surface area contributed by atoms with Gasteiger partial charge in [0.15, 0.2) is 0 Å². The Morgan fingerprint density at radius 3 is 2.58 bits per heavy atom. The minimum Gasteiger partial charge on any atom is -0.115 e. The van der Waals surface area contributed by atoms with E-state index in [9.17, 15) is 0 Å². The molecule has 0 spiro atoms. The molecule has 0 saturated heterocycles. The van der Waals surface area contributed by atoms with E-state index in [1.165, 1.54) is 5.57 Å². The summed E-state index contributed by atoms with van der Waals surface area (Å²) in [4.78, 5) is 0. The number of hydrogen-bond acceptors (Lipinski definition) is 0. The molecule has 0 heterocycles. The average Bonchev–Trinajstić information content (AvgIpc) is 2.03. The molecule has 0 radical (unpaired) electrons. The summed E-state index contributed by atoms with van der Waals surface area (Å²) in [5.74, 6) is 2.73. The van der Waals surface area contributed by atoms with Crippen LogP contribution in [0, 0.1) is 17.8 Å². The maximum atomic E-state index is 5.36. The van der Waals surface area contributed by atoms with E-state index < -0.39 is 0 Å². The molecule has 0 N–H and O–H groups in total. The van der Waals surface area contributed by atoms with Crippen LogP contribution in [-0.4, -0.2) is 0 Å². The highest BCUT2D eigenvalue weighted by Crippen LogP contribution is 2.31. The van der Waals surface area contributed by atoms with Crippen LogP contribution in [0.4, 0.5) is 0 Å². The topological polar surface area (TPSA) is 0 Å². The first-order chi connectivity index (χ1) is 5.54. The highest BCUT2D eigenvalue weighted by Gasteiger charge is 2.17. The van der Waals surface area contributed by atoms with E-state index in [2.05, 4.69) is 38.8 Å². The van der Waals surface area contributed by atoms with Crippen LogP contribution >= 0.6 is 0 Å². The lowest BCUT2D eigenvalue weighted by atomic mass is 9.82. The number of hydrogen-bond donors (Lipinski definition) is 0. The molecule has 0 nitrogen and oxygen atoms in total. The van der Waals surface area contributed by atoms with Crippen molar-refractivity contribution in [1.29, 1.82) is 0 Å². The van der Waals surface area contributed by atoms with E-state index in [1.54, 1.807) is 0 Å². The second kappa shape index (κ2) is 3.19. The molecule has 0 aromatic rings. The zero-order chi connectivity index (χ0) is 9.19. The van der Waals surface area contributed by atoms with Crippen LogP contribution in [0.25, 0.3) is 0 Å². The van der Waals surface area contributed by atoms with Crippen molar-refractivity contribution < 1.29 is 0 Å². The summed E-state index contributed by atoms with van der Waals surface area (Å²) in [5.41, 5.74) is 2.76. The third-order valence-electron chi connectivity index (χ3n) is 2.16. The zero-order valence-corrected chi connectivity index (χ0v) is 8.15. The highest BCUT2D eigenvalue weighted by molar-refractivity contribution is 5.39. The van der Waals surface area contributed by atoms with Gasteiger partial charge in [0.05, 0.1) is 0 Å². The minimum atomic E-state index is 0.239. The van der Waals surface area contributed by atoms with Crippen LogP contribution < -0.4 is 0 Å². The van der Waals surface area contributed by atoms with Crippen molar-refractivity contribution in [3.05, 3.63) is 23.3 Å². The third-order valence-corrected chi connectivity index (χ3v) is 2.16. The standard InChI is InChI=1S/C12H16/c1-5-10-7-6-8-11(9-10)12(2,3)4/h1,8-9H,6-7H2,2-4H3. The number of rotatable bonds is 0. The smallest absolute Gasteiger partial charge is 0.00235 e. The fourth-order valence-corrected chi connectivity index (χ4v) is 1.34. The first-order valence-electron chi connectivity index (χ1n) is 4.42. The van der Waals surface area contributed by atoms with Gasteiger partial charge < -0.3 is 0 Å². The van der Waals surface area contributed by atoms with E-state index in [1.807, 2.05) is 0 Å².